The van der Waals surface area contributed by atoms with Gasteiger partial charge in [0.05, 0.1) is 41.9 Å². The van der Waals surface area contributed by atoms with Gasteiger partial charge >= 0.3 is 0 Å². The van der Waals surface area contributed by atoms with Gasteiger partial charge in [0.15, 0.2) is 0 Å². The number of aromatic amines is 3. The van der Waals surface area contributed by atoms with Crippen LogP contribution in [0.25, 0.3) is 45.1 Å². The van der Waals surface area contributed by atoms with Gasteiger partial charge in [-0.15, -0.1) is 0 Å². The number of fused-ring (bicyclic) bond motifs is 10. The lowest BCUT2D eigenvalue weighted by atomic mass is 9.99. The molecule has 0 aliphatic carbocycles. The highest BCUT2D eigenvalue weighted by atomic mass is 16.5. The van der Waals surface area contributed by atoms with E-state index in [2.05, 4.69) is 150 Å². The van der Waals surface area contributed by atoms with Crippen molar-refractivity contribution >= 4 is 33.7 Å². The quantitative estimate of drug-likeness (QED) is 0.176. The Morgan fingerprint density at radius 3 is 1.71 bits per heavy atom. The van der Waals surface area contributed by atoms with Crippen LogP contribution in [-0.4, -0.2) is 34.2 Å². The highest BCUT2D eigenvalue weighted by molar-refractivity contribution is 5.94. The summed E-state index contributed by atoms with van der Waals surface area (Å²) in [5.74, 6) is 1.34. The maximum atomic E-state index is 6.00. The van der Waals surface area contributed by atoms with Crippen molar-refractivity contribution in [3.8, 4) is 22.9 Å². The van der Waals surface area contributed by atoms with Gasteiger partial charge in [0.1, 0.15) is 17.2 Å². The molecular weight excluding hydrogens is 679 g/mol. The summed E-state index contributed by atoms with van der Waals surface area (Å²) in [7, 11) is 3.35. The molecule has 0 atom stereocenters. The third kappa shape index (κ3) is 5.43. The molecule has 0 saturated heterocycles. The average Bonchev–Trinajstić information content (AvgIpc) is 4.05. The maximum absolute atomic E-state index is 6.00. The largest absolute Gasteiger partial charge is 0.497 e. The predicted molar refractivity (Wildman–Crippen MR) is 219 cm³/mol. The lowest BCUT2D eigenvalue weighted by Crippen LogP contribution is -2.27. The zero-order valence-electron chi connectivity index (χ0n) is 30.9. The van der Waals surface area contributed by atoms with E-state index in [9.17, 15) is 0 Å². The number of hydrogen-bond donors (Lipinski definition) is 3. The van der Waals surface area contributed by atoms with Gasteiger partial charge in [-0.2, -0.15) is 0 Å². The molecule has 7 nitrogen and oxygen atoms in total. The fraction of sp³-hybridized carbons (Fsp3) is 0.0833. The van der Waals surface area contributed by atoms with Crippen LogP contribution in [0, 0.1) is 13.8 Å². The molecule has 55 heavy (non-hydrogen) atoms. The van der Waals surface area contributed by atoms with Gasteiger partial charge in [-0.25, -0.2) is 9.98 Å². The molecule has 0 spiro atoms. The van der Waals surface area contributed by atoms with E-state index in [0.29, 0.717) is 11.5 Å². The molecule has 0 unspecified atom stereocenters. The molecule has 6 heterocycles. The van der Waals surface area contributed by atoms with Crippen molar-refractivity contribution < 1.29 is 9.47 Å². The number of aromatic nitrogens is 4. The van der Waals surface area contributed by atoms with Gasteiger partial charge < -0.3 is 24.4 Å². The van der Waals surface area contributed by atoms with Gasteiger partial charge in [0.2, 0.25) is 0 Å². The molecule has 0 amide bonds. The summed E-state index contributed by atoms with van der Waals surface area (Å²) in [6, 6.07) is 44.7. The number of aryl methyl sites for hydroxylation is 2. The SMILES string of the molecule is COc1cc(OC)c2c3c4c(nc2c1)-c1ccc([nH]1)C(c1ccc(C)cc1)=c1ccc([nH]1)=C(c1ccccc1)c1ccc([nH]1)C(c1ccc(C)cc1)=C(C=3)N=4. The monoisotopic (exact) mass is 715 g/mol. The molecule has 3 N–H and O–H groups in total. The van der Waals surface area contributed by atoms with Crippen LogP contribution in [0.4, 0.5) is 0 Å². The second-order valence-corrected chi connectivity index (χ2v) is 14.2. The molecule has 0 radical (unpaired) electrons. The Bertz CT molecular complexity index is 3110. The summed E-state index contributed by atoms with van der Waals surface area (Å²) in [4.78, 5) is 22.3. The molecule has 4 aromatic carbocycles. The lowest BCUT2D eigenvalue weighted by molar-refractivity contribution is 0.397. The van der Waals surface area contributed by atoms with E-state index in [-0.39, 0.29) is 0 Å². The highest BCUT2D eigenvalue weighted by Gasteiger charge is 2.23. The highest BCUT2D eigenvalue weighted by Crippen LogP contribution is 2.34. The number of nitrogens with one attached hydrogen (secondary N) is 3. The van der Waals surface area contributed by atoms with Crippen LogP contribution in [0.1, 0.15) is 44.9 Å². The number of methoxy groups -OCH3 is 2. The van der Waals surface area contributed by atoms with Crippen LogP contribution in [0.2, 0.25) is 0 Å². The number of rotatable bonds is 5. The van der Waals surface area contributed by atoms with E-state index in [1.165, 1.54) is 11.1 Å². The normalized spacial score (nSPS) is 13.2. The number of nitrogens with zero attached hydrogens (tertiary/aromatic N) is 2. The molecule has 2 aliphatic heterocycles. The van der Waals surface area contributed by atoms with Crippen molar-refractivity contribution in [3.05, 3.63) is 199 Å². The summed E-state index contributed by atoms with van der Waals surface area (Å²) in [5.41, 5.74) is 14.8. The number of benzene rings is 4. The first-order valence-electron chi connectivity index (χ1n) is 18.4. The van der Waals surface area contributed by atoms with E-state index >= 15 is 0 Å². The van der Waals surface area contributed by atoms with Crippen molar-refractivity contribution in [1.82, 2.24) is 19.9 Å². The van der Waals surface area contributed by atoms with E-state index in [1.807, 2.05) is 12.1 Å². The molecule has 8 aromatic rings. The summed E-state index contributed by atoms with van der Waals surface area (Å²) >= 11 is 0. The molecule has 10 rings (SSSR count). The molecule has 8 bridgehead atoms. The molecule has 266 valence electrons. The predicted octanol–water partition coefficient (Wildman–Crippen LogP) is 7.20. The van der Waals surface area contributed by atoms with E-state index in [0.717, 1.165) is 99.8 Å². The van der Waals surface area contributed by atoms with Crippen molar-refractivity contribution in [2.75, 3.05) is 14.2 Å². The first-order chi connectivity index (χ1) is 26.9. The Morgan fingerprint density at radius 1 is 0.527 bits per heavy atom. The fourth-order valence-electron chi connectivity index (χ4n) is 7.94. The van der Waals surface area contributed by atoms with Crippen molar-refractivity contribution in [3.63, 3.8) is 0 Å². The van der Waals surface area contributed by atoms with Crippen LogP contribution in [0.15, 0.2) is 138 Å². The molecule has 2 aliphatic rings. The molecule has 4 aromatic heterocycles. The summed E-state index contributed by atoms with van der Waals surface area (Å²) in [6.07, 6.45) is 2.18. The smallest absolute Gasteiger partial charge is 0.132 e. The Morgan fingerprint density at radius 2 is 1.09 bits per heavy atom. The number of allylic oxidation sites excluding steroid dienone is 1. The molecular formula is C48H37N5O2. The van der Waals surface area contributed by atoms with Crippen LogP contribution < -0.4 is 30.7 Å². The summed E-state index contributed by atoms with van der Waals surface area (Å²) < 4.78 is 11.7. The minimum absolute atomic E-state index is 0.668. The van der Waals surface area contributed by atoms with Crippen LogP contribution >= 0.6 is 0 Å². The molecule has 0 saturated carbocycles. The molecule has 7 heteroatoms. The fourth-order valence-corrected chi connectivity index (χ4v) is 7.94. The number of H-pyrrole nitrogens is 3. The van der Waals surface area contributed by atoms with Gasteiger partial charge in [0.25, 0.3) is 0 Å². The Kier molecular flexibility index (Phi) is 7.56. The van der Waals surface area contributed by atoms with Crippen LogP contribution in [0.3, 0.4) is 0 Å². The minimum atomic E-state index is 0.668. The number of hydrogen-bond acceptors (Lipinski definition) is 4. The van der Waals surface area contributed by atoms with Gasteiger partial charge in [-0.05, 0) is 73.0 Å². The number of ether oxygens (including phenoxy) is 2. The van der Waals surface area contributed by atoms with Crippen LogP contribution in [-0.2, 0) is 0 Å². The third-order valence-electron chi connectivity index (χ3n) is 10.7. The minimum Gasteiger partial charge on any atom is -0.497 e. The Labute approximate surface area is 317 Å². The van der Waals surface area contributed by atoms with Crippen LogP contribution in [0.5, 0.6) is 11.5 Å². The average molecular weight is 716 g/mol. The second-order valence-electron chi connectivity index (χ2n) is 14.2. The zero-order chi connectivity index (χ0) is 37.2. The van der Waals surface area contributed by atoms with Gasteiger partial charge in [-0.3, -0.25) is 0 Å². The second kappa shape index (κ2) is 12.8. The van der Waals surface area contributed by atoms with Gasteiger partial charge in [-0.1, -0.05) is 90.0 Å². The number of pyridine rings is 1. The molecule has 0 fully saturated rings. The lowest BCUT2D eigenvalue weighted by Gasteiger charge is -2.11. The van der Waals surface area contributed by atoms with Crippen molar-refractivity contribution in [1.29, 1.82) is 0 Å². The zero-order valence-corrected chi connectivity index (χ0v) is 30.9. The van der Waals surface area contributed by atoms with E-state index in [1.54, 1.807) is 14.2 Å². The van der Waals surface area contributed by atoms with Gasteiger partial charge in [0, 0.05) is 61.9 Å². The Hall–Kier alpha value is -7.12. The topological polar surface area (TPSA) is 91.1 Å². The Balaban J connectivity index is 1.38. The van der Waals surface area contributed by atoms with Crippen molar-refractivity contribution in [2.45, 2.75) is 13.8 Å². The van der Waals surface area contributed by atoms with E-state index in [4.69, 9.17) is 19.5 Å². The maximum Gasteiger partial charge on any atom is 0.132 e. The standard InChI is InChI=1S/C48H37N5O2/c1-27-10-14-30(15-11-27)44-36-19-18-34(49-36)43(29-8-6-5-7-9-29)35-20-21-38(50-35)45(31-16-12-28(2)13-17-31)41-26-33-46-40(24-32(54-3)25-42(46)55-4)53-48(47(33)52-41)39-23-22-37(44)51-39/h5-26,49-51H,1-4H3. The first kappa shape index (κ1) is 32.5. The van der Waals surface area contributed by atoms with Crippen molar-refractivity contribution in [2.24, 2.45) is 4.99 Å². The first-order valence-corrected chi connectivity index (χ1v) is 18.4. The van der Waals surface area contributed by atoms with E-state index < -0.39 is 0 Å². The summed E-state index contributed by atoms with van der Waals surface area (Å²) in [5, 5.41) is 4.60. The third-order valence-corrected chi connectivity index (χ3v) is 10.7. The summed E-state index contributed by atoms with van der Waals surface area (Å²) in [6.45, 7) is 4.22.